The van der Waals surface area contributed by atoms with Crippen molar-refractivity contribution >= 4 is 0 Å². The van der Waals surface area contributed by atoms with Crippen molar-refractivity contribution in [2.45, 2.75) is 18.5 Å². The van der Waals surface area contributed by atoms with Crippen LogP contribution in [0, 0.1) is 0 Å². The summed E-state index contributed by atoms with van der Waals surface area (Å²) < 4.78 is 76.5. The fourth-order valence-corrected chi connectivity index (χ4v) is 0.888. The van der Waals surface area contributed by atoms with Gasteiger partial charge in [0.05, 0.1) is 0 Å². The van der Waals surface area contributed by atoms with E-state index in [0.717, 1.165) is 12.1 Å². The van der Waals surface area contributed by atoms with Crippen molar-refractivity contribution in [2.75, 3.05) is 0 Å². The Hall–Kier alpha value is -1.40. The molecule has 1 atom stereocenters. The Morgan fingerprint density at radius 3 is 1.88 bits per heavy atom. The molecule has 0 fully saturated rings. The third-order valence-electron chi connectivity index (χ3n) is 1.58. The Labute approximate surface area is 86.6 Å². The van der Waals surface area contributed by atoms with Crippen molar-refractivity contribution in [3.63, 3.8) is 0 Å². The van der Waals surface area contributed by atoms with Crippen LogP contribution in [-0.4, -0.2) is 18.5 Å². The molecule has 0 aromatic heterocycles. The van der Waals surface area contributed by atoms with Gasteiger partial charge < -0.3 is 4.74 Å². The van der Waals surface area contributed by atoms with Crippen molar-refractivity contribution < 1.29 is 31.1 Å². The van der Waals surface area contributed by atoms with E-state index in [4.69, 9.17) is 0 Å². The van der Waals surface area contributed by atoms with Crippen LogP contribution >= 0.6 is 0 Å². The van der Waals surface area contributed by atoms with Crippen LogP contribution in [0.3, 0.4) is 0 Å². The van der Waals surface area contributed by atoms with Crippen molar-refractivity contribution in [3.8, 4) is 5.75 Å². The number of hydrogen-bond acceptors (Lipinski definition) is 1. The van der Waals surface area contributed by atoms with Gasteiger partial charge in [0.2, 0.25) is 0 Å². The zero-order valence-corrected chi connectivity index (χ0v) is 7.64. The van der Waals surface area contributed by atoms with Crippen LogP contribution in [0.5, 0.6) is 5.75 Å². The monoisotopic (exact) mass is 244 g/mol. The van der Waals surface area contributed by atoms with Crippen molar-refractivity contribution in [1.82, 2.24) is 0 Å². The summed E-state index contributed by atoms with van der Waals surface area (Å²) in [7, 11) is 0. The Bertz CT molecular complexity index is 334. The summed E-state index contributed by atoms with van der Waals surface area (Å²) in [5.74, 6) is -0.542. The molecule has 0 aliphatic heterocycles. The molecule has 0 radical (unpaired) electrons. The van der Waals surface area contributed by atoms with E-state index in [0.29, 0.717) is 0 Å². The number of halogens is 6. The first kappa shape index (κ1) is 12.7. The largest absolute Gasteiger partial charge is 0.439 e. The minimum absolute atomic E-state index is 0.542. The normalized spacial score (nSPS) is 14.6. The second kappa shape index (κ2) is 4.23. The van der Waals surface area contributed by atoms with E-state index in [1.54, 1.807) is 0 Å². The summed E-state index contributed by atoms with van der Waals surface area (Å²) in [5.41, 5.74) is 0. The van der Waals surface area contributed by atoms with E-state index < -0.39 is 24.2 Å². The number of rotatable bonds is 3. The average molecular weight is 244 g/mol. The molecule has 0 bridgehead atoms. The smallest absolute Gasteiger partial charge is 0.430 e. The highest BCUT2D eigenvalue weighted by Gasteiger charge is 2.59. The average Bonchev–Trinajstić information content (AvgIpc) is 2.16. The summed E-state index contributed by atoms with van der Waals surface area (Å²) in [5, 5.41) is 0. The summed E-state index contributed by atoms with van der Waals surface area (Å²) >= 11 is 0. The third-order valence-corrected chi connectivity index (χ3v) is 1.58. The summed E-state index contributed by atoms with van der Waals surface area (Å²) in [4.78, 5) is 0. The Morgan fingerprint density at radius 2 is 1.44 bits per heavy atom. The molecule has 1 aromatic carbocycles. The molecule has 1 nitrogen and oxygen atoms in total. The number of hydrogen-bond donors (Lipinski definition) is 0. The summed E-state index contributed by atoms with van der Waals surface area (Å²) in [6, 6.07) is 5.98. The van der Waals surface area contributed by atoms with Crippen LogP contribution in [0.4, 0.5) is 26.3 Å². The Balaban J connectivity index is 2.80. The molecule has 0 aliphatic rings. The molecule has 0 spiro atoms. The molecule has 0 saturated carbocycles. The van der Waals surface area contributed by atoms with Gasteiger partial charge in [-0.25, -0.2) is 4.39 Å². The van der Waals surface area contributed by atoms with E-state index >= 15 is 0 Å². The molecule has 0 saturated heterocycles. The second-order valence-electron chi connectivity index (χ2n) is 2.88. The lowest BCUT2D eigenvalue weighted by atomic mass is 10.3. The molecule has 0 N–H and O–H groups in total. The number of alkyl halides is 6. The minimum Gasteiger partial charge on any atom is -0.430 e. The van der Waals surface area contributed by atoms with Gasteiger partial charge in [-0.2, -0.15) is 22.0 Å². The SMILES string of the molecule is FC(C(F)(F)F)C(F)(F)Oc1ccccc1. The fourth-order valence-electron chi connectivity index (χ4n) is 0.888. The summed E-state index contributed by atoms with van der Waals surface area (Å²) in [6.07, 6.45) is -15.0. The van der Waals surface area contributed by atoms with Gasteiger partial charge in [-0.05, 0) is 12.1 Å². The lowest BCUT2D eigenvalue weighted by Gasteiger charge is -2.22. The number of ether oxygens (including phenoxy) is 1. The van der Waals surface area contributed by atoms with Crippen LogP contribution in [-0.2, 0) is 0 Å². The fraction of sp³-hybridized carbons (Fsp3) is 0.333. The molecule has 1 rings (SSSR count). The number of benzene rings is 1. The van der Waals surface area contributed by atoms with E-state index in [9.17, 15) is 26.3 Å². The van der Waals surface area contributed by atoms with Crippen LogP contribution < -0.4 is 4.74 Å². The Kier molecular flexibility index (Phi) is 3.35. The minimum atomic E-state index is -5.67. The van der Waals surface area contributed by atoms with Gasteiger partial charge in [0, 0.05) is 0 Å². The lowest BCUT2D eigenvalue weighted by molar-refractivity contribution is -0.304. The molecule has 7 heteroatoms. The maximum Gasteiger partial charge on any atom is 0.439 e. The van der Waals surface area contributed by atoms with Crippen molar-refractivity contribution in [2.24, 2.45) is 0 Å². The number of para-hydroxylation sites is 1. The highest BCUT2D eigenvalue weighted by atomic mass is 19.4. The van der Waals surface area contributed by atoms with Crippen LogP contribution in [0.1, 0.15) is 0 Å². The highest BCUT2D eigenvalue weighted by Crippen LogP contribution is 2.36. The molecule has 16 heavy (non-hydrogen) atoms. The molecule has 1 unspecified atom stereocenters. The zero-order valence-electron chi connectivity index (χ0n) is 7.64. The first-order chi connectivity index (χ1) is 7.23. The molecule has 0 aliphatic carbocycles. The van der Waals surface area contributed by atoms with Gasteiger partial charge in [0.1, 0.15) is 5.75 Å². The molecule has 90 valence electrons. The molecule has 1 aromatic rings. The quantitative estimate of drug-likeness (QED) is 0.738. The van der Waals surface area contributed by atoms with Gasteiger partial charge in [-0.1, -0.05) is 18.2 Å². The predicted molar refractivity (Wildman–Crippen MR) is 43.0 cm³/mol. The molecule has 0 amide bonds. The Morgan fingerprint density at radius 1 is 0.938 bits per heavy atom. The first-order valence-electron chi connectivity index (χ1n) is 4.06. The molecular formula is C9H6F6O. The molecular weight excluding hydrogens is 238 g/mol. The van der Waals surface area contributed by atoms with Gasteiger partial charge in [-0.3, -0.25) is 0 Å². The standard InChI is InChI=1S/C9H6F6O/c10-7(8(11,12)13)9(14,15)16-6-4-2-1-3-5-6/h1-5,7H. The van der Waals surface area contributed by atoms with E-state index in [1.807, 2.05) is 0 Å². The van der Waals surface area contributed by atoms with E-state index in [2.05, 4.69) is 4.74 Å². The maximum absolute atomic E-state index is 12.7. The van der Waals surface area contributed by atoms with E-state index in [1.165, 1.54) is 18.2 Å². The molecule has 0 heterocycles. The maximum atomic E-state index is 12.7. The van der Waals surface area contributed by atoms with E-state index in [-0.39, 0.29) is 0 Å². The van der Waals surface area contributed by atoms with Gasteiger partial charge in [0.15, 0.2) is 0 Å². The predicted octanol–water partition coefficient (Wildman–Crippen LogP) is 3.56. The van der Waals surface area contributed by atoms with Gasteiger partial charge >= 0.3 is 12.3 Å². The van der Waals surface area contributed by atoms with Crippen LogP contribution in [0.2, 0.25) is 0 Å². The van der Waals surface area contributed by atoms with Gasteiger partial charge in [0.25, 0.3) is 6.17 Å². The van der Waals surface area contributed by atoms with Crippen LogP contribution in [0.15, 0.2) is 30.3 Å². The van der Waals surface area contributed by atoms with Crippen molar-refractivity contribution in [3.05, 3.63) is 30.3 Å². The first-order valence-corrected chi connectivity index (χ1v) is 4.06. The van der Waals surface area contributed by atoms with Crippen LogP contribution in [0.25, 0.3) is 0 Å². The summed E-state index contributed by atoms with van der Waals surface area (Å²) in [6.45, 7) is 0. The zero-order chi connectivity index (χ0) is 12.4. The second-order valence-corrected chi connectivity index (χ2v) is 2.88. The van der Waals surface area contributed by atoms with Crippen molar-refractivity contribution in [1.29, 1.82) is 0 Å². The topological polar surface area (TPSA) is 9.23 Å². The lowest BCUT2D eigenvalue weighted by Crippen LogP contribution is -2.45. The van der Waals surface area contributed by atoms with Gasteiger partial charge in [-0.15, -0.1) is 0 Å². The third kappa shape index (κ3) is 3.04. The highest BCUT2D eigenvalue weighted by molar-refractivity contribution is 5.21.